The predicted octanol–water partition coefficient (Wildman–Crippen LogP) is 4.74. The Morgan fingerprint density at radius 1 is 0.812 bits per heavy atom. The molecular formula is C13H19AlClTi. The summed E-state index contributed by atoms with van der Waals surface area (Å²) in [7, 11) is 4.64. The molecule has 1 radical (unpaired) electrons. The third-order valence-corrected chi connectivity index (χ3v) is 1.11. The maximum Gasteiger partial charge on any atom is -0.172 e. The zero-order valence-corrected chi connectivity index (χ0v) is 13.7. The molecule has 0 atom stereocenters. The number of hydrogen-bond donors (Lipinski definition) is 0. The van der Waals surface area contributed by atoms with Crippen LogP contribution < -0.4 is 0 Å². The first-order valence-corrected chi connectivity index (χ1v) is 9.14. The predicted molar refractivity (Wildman–Crippen MR) is 73.8 cm³/mol. The minimum Gasteiger partial charge on any atom is -0.214 e. The fraction of sp³-hybridized carbons (Fsp3) is 0.154. The zero-order chi connectivity index (χ0) is 11.8. The fourth-order valence-electron chi connectivity index (χ4n) is 0.642. The molecule has 0 N–H and O–H groups in total. The second kappa shape index (κ2) is 24.5. The number of hydrogen-bond acceptors (Lipinski definition) is 0. The molecule has 0 fully saturated rings. The van der Waals surface area contributed by atoms with E-state index in [2.05, 4.69) is 20.9 Å². The molecule has 0 aliphatic heterocycles. The minimum absolute atomic E-state index is 0. The Hall–Kier alpha value is 0.237. The van der Waals surface area contributed by atoms with Crippen molar-refractivity contribution in [2.45, 2.75) is 11.6 Å². The standard InChI is InChI=1S/2C5H5.3CH3.Al.ClH.Ti/c2*1-2-4-5-3-1;;;;;;/h2*1-5H;3*1H3;;1H;/q2*-1;;;-1;;;+4/p-1. The zero-order valence-electron chi connectivity index (χ0n) is 10.2. The summed E-state index contributed by atoms with van der Waals surface area (Å²) in [5, 5.41) is 0. The van der Waals surface area contributed by atoms with Gasteiger partial charge in [-0.2, -0.15) is 36.4 Å². The molecule has 0 aliphatic rings. The third-order valence-electron chi connectivity index (χ3n) is 1.11. The molecule has 0 heterocycles. The van der Waals surface area contributed by atoms with Gasteiger partial charge in [0, 0.05) is 0 Å². The molecular weight excluding hydrogens is 266 g/mol. The minimum atomic E-state index is 0. The van der Waals surface area contributed by atoms with Gasteiger partial charge < -0.3 is 7.43 Å². The molecule has 2 aromatic rings. The molecule has 0 nitrogen and oxygen atoms in total. The maximum atomic E-state index is 4.64. The van der Waals surface area contributed by atoms with Crippen LogP contribution in [0.15, 0.2) is 60.7 Å². The monoisotopic (exact) mass is 285 g/mol. The van der Waals surface area contributed by atoms with Crippen molar-refractivity contribution < 1.29 is 19.4 Å². The van der Waals surface area contributed by atoms with Crippen molar-refractivity contribution in [1.29, 1.82) is 0 Å². The summed E-state index contributed by atoms with van der Waals surface area (Å²) >= 11 is 2.22. The molecule has 0 unspecified atom stereocenters. The molecule has 0 spiro atoms. The van der Waals surface area contributed by atoms with E-state index >= 15 is 0 Å². The maximum absolute atomic E-state index is 4.64. The summed E-state index contributed by atoms with van der Waals surface area (Å²) in [4.78, 5) is 0. The van der Waals surface area contributed by atoms with Crippen LogP contribution in [0.5, 0.6) is 0 Å². The van der Waals surface area contributed by atoms with Crippen molar-refractivity contribution in [3.63, 3.8) is 0 Å². The summed E-state index contributed by atoms with van der Waals surface area (Å²) in [5.74, 6) is 4.42. The van der Waals surface area contributed by atoms with Crippen molar-refractivity contribution >= 4 is 24.5 Å². The van der Waals surface area contributed by atoms with Crippen LogP contribution in [0.2, 0.25) is 11.6 Å². The molecule has 0 saturated heterocycles. The Balaban J connectivity index is -0.000000147. The molecule has 85 valence electrons. The van der Waals surface area contributed by atoms with Gasteiger partial charge in [-0.25, -0.2) is 24.3 Å². The Kier molecular flexibility index (Phi) is 32.9. The average molecular weight is 286 g/mol. The summed E-state index contributed by atoms with van der Waals surface area (Å²) < 4.78 is 0. The van der Waals surface area contributed by atoms with E-state index in [9.17, 15) is 0 Å². The first-order valence-electron chi connectivity index (χ1n) is 4.68. The van der Waals surface area contributed by atoms with Crippen LogP contribution >= 0.6 is 9.30 Å². The van der Waals surface area contributed by atoms with Gasteiger partial charge in [-0.05, 0) is 0 Å². The van der Waals surface area contributed by atoms with Crippen LogP contribution in [0.1, 0.15) is 0 Å². The molecule has 0 saturated carbocycles. The van der Waals surface area contributed by atoms with Crippen LogP contribution in [0.4, 0.5) is 0 Å². The van der Waals surface area contributed by atoms with Crippen LogP contribution in [-0.2, 0) is 19.4 Å². The Morgan fingerprint density at radius 2 is 1.00 bits per heavy atom. The van der Waals surface area contributed by atoms with Crippen molar-refractivity contribution in [3.05, 3.63) is 68.1 Å². The smallest absolute Gasteiger partial charge is 0.172 e. The molecule has 2 aromatic carbocycles. The normalized spacial score (nSPS) is 6.31. The van der Waals surface area contributed by atoms with Crippen LogP contribution in [-0.4, -0.2) is 15.2 Å². The quantitative estimate of drug-likeness (QED) is 0.485. The van der Waals surface area contributed by atoms with Gasteiger partial charge in [-0.15, -0.1) is 11.6 Å². The number of halogens is 1. The second-order valence-electron chi connectivity index (χ2n) is 2.50. The van der Waals surface area contributed by atoms with E-state index in [1.54, 1.807) is 0 Å². The molecule has 16 heavy (non-hydrogen) atoms. The van der Waals surface area contributed by atoms with Gasteiger partial charge in [-0.3, -0.25) is 0 Å². The van der Waals surface area contributed by atoms with Crippen LogP contribution in [0.25, 0.3) is 0 Å². The topological polar surface area (TPSA) is 0 Å². The first-order chi connectivity index (χ1) is 7.41. The van der Waals surface area contributed by atoms with Gasteiger partial charge in [0.1, 0.15) is 0 Å². The molecule has 0 aliphatic carbocycles. The Labute approximate surface area is 123 Å². The largest absolute Gasteiger partial charge is 0.214 e. The van der Waals surface area contributed by atoms with E-state index in [0.29, 0.717) is 0 Å². The van der Waals surface area contributed by atoms with Crippen molar-refractivity contribution in [2.24, 2.45) is 0 Å². The summed E-state index contributed by atoms with van der Waals surface area (Å²) in [6.07, 6.45) is 0. The third kappa shape index (κ3) is 23.8. The molecule has 0 aromatic heterocycles. The Bertz CT molecular complexity index is 168. The van der Waals surface area contributed by atoms with Gasteiger partial charge in [-0.1, -0.05) is 0 Å². The molecule has 0 amide bonds. The summed E-state index contributed by atoms with van der Waals surface area (Å²) in [5.41, 5.74) is 0. The van der Waals surface area contributed by atoms with Gasteiger partial charge in [0.05, 0.1) is 0 Å². The van der Waals surface area contributed by atoms with Crippen molar-refractivity contribution in [3.8, 4) is 0 Å². The van der Waals surface area contributed by atoms with Gasteiger partial charge in [0.2, 0.25) is 0 Å². The molecule has 3 heteroatoms. The first kappa shape index (κ1) is 21.5. The average Bonchev–Trinajstić information content (AvgIpc) is 3.01. The van der Waals surface area contributed by atoms with Gasteiger partial charge >= 0.3 is 28.7 Å². The van der Waals surface area contributed by atoms with E-state index in [0.717, 1.165) is 15.2 Å². The summed E-state index contributed by atoms with van der Waals surface area (Å²) in [6, 6.07) is 20.0. The Morgan fingerprint density at radius 3 is 1.06 bits per heavy atom. The van der Waals surface area contributed by atoms with Crippen molar-refractivity contribution in [2.75, 3.05) is 0 Å². The van der Waals surface area contributed by atoms with E-state index in [4.69, 9.17) is 0 Å². The van der Waals surface area contributed by atoms with E-state index in [1.807, 2.05) is 60.7 Å². The molecule has 0 bridgehead atoms. The van der Waals surface area contributed by atoms with Crippen LogP contribution in [0, 0.1) is 7.43 Å². The van der Waals surface area contributed by atoms with Gasteiger partial charge in [0.25, 0.3) is 0 Å². The summed E-state index contributed by atoms with van der Waals surface area (Å²) in [6.45, 7) is 0. The van der Waals surface area contributed by atoms with Gasteiger partial charge in [0.15, 0.2) is 15.2 Å². The van der Waals surface area contributed by atoms with E-state index in [-0.39, 0.29) is 7.43 Å². The van der Waals surface area contributed by atoms with Crippen LogP contribution in [0.3, 0.4) is 0 Å². The number of rotatable bonds is 0. The van der Waals surface area contributed by atoms with Crippen molar-refractivity contribution in [1.82, 2.24) is 0 Å². The molecule has 2 rings (SSSR count). The fourth-order valence-corrected chi connectivity index (χ4v) is 0.642. The van der Waals surface area contributed by atoms with E-state index < -0.39 is 0 Å². The van der Waals surface area contributed by atoms with E-state index in [1.165, 1.54) is 19.4 Å². The second-order valence-corrected chi connectivity index (χ2v) is 3.66. The SMILES string of the molecule is [CH3-].[CH3][Al][CH3].[Cl][Ti+3].c1cc[cH-]c1.c1cc[cH-]c1.